The molecule has 0 spiro atoms. The monoisotopic (exact) mass is 512 g/mol. The zero-order valence-electron chi connectivity index (χ0n) is 20.8. The number of hydrogen-bond acceptors (Lipinski definition) is 4. The predicted molar refractivity (Wildman–Crippen MR) is 138 cm³/mol. The zero-order valence-corrected chi connectivity index (χ0v) is 21.6. The van der Waals surface area contributed by atoms with E-state index in [-0.39, 0.29) is 18.5 Å². The largest absolute Gasteiger partial charge is 0.365 e. The van der Waals surface area contributed by atoms with Crippen LogP contribution in [0.5, 0.6) is 0 Å². The second-order valence-corrected chi connectivity index (χ2v) is 10.5. The third kappa shape index (κ3) is 4.69. The molecule has 4 amide bonds. The molecule has 0 bridgehead atoms. The number of urea groups is 1. The molecule has 0 atom stereocenters. The lowest BCUT2D eigenvalue weighted by molar-refractivity contribution is 0.0595. The quantitative estimate of drug-likeness (QED) is 0.641. The number of hydrogen-bond donors (Lipinski definition) is 2. The number of carbonyl (C=O) groups excluding carboxylic acids is 3. The molecule has 2 fully saturated rings. The van der Waals surface area contributed by atoms with Crippen LogP contribution in [0.3, 0.4) is 0 Å². The number of benzene rings is 1. The van der Waals surface area contributed by atoms with Crippen LogP contribution in [0.4, 0.5) is 10.5 Å². The van der Waals surface area contributed by atoms with Crippen LogP contribution >= 0.6 is 11.6 Å². The number of halogens is 1. The summed E-state index contributed by atoms with van der Waals surface area (Å²) < 4.78 is 2.07. The molecule has 1 saturated carbocycles. The molecular formula is C26H33ClN6O3. The number of primary amides is 1. The molecule has 1 saturated heterocycles. The van der Waals surface area contributed by atoms with Crippen LogP contribution in [0.15, 0.2) is 24.3 Å². The fraction of sp³-hybridized carbons (Fsp3) is 0.500. The Morgan fingerprint density at radius 3 is 2.19 bits per heavy atom. The number of amides is 4. The van der Waals surface area contributed by atoms with E-state index in [0.29, 0.717) is 65.7 Å². The third-order valence-electron chi connectivity index (χ3n) is 7.50. The van der Waals surface area contributed by atoms with Gasteiger partial charge in [-0.1, -0.05) is 11.6 Å². The van der Waals surface area contributed by atoms with Gasteiger partial charge in [0.1, 0.15) is 0 Å². The molecule has 1 aromatic heterocycles. The highest BCUT2D eigenvalue weighted by molar-refractivity contribution is 6.35. The Kier molecular flexibility index (Phi) is 6.70. The van der Waals surface area contributed by atoms with Gasteiger partial charge in [-0.2, -0.15) is 0 Å². The first-order chi connectivity index (χ1) is 17.2. The first kappa shape index (κ1) is 24.6. The van der Waals surface area contributed by atoms with Crippen molar-refractivity contribution in [2.24, 2.45) is 5.73 Å². The van der Waals surface area contributed by atoms with Crippen molar-refractivity contribution < 1.29 is 14.4 Å². The Morgan fingerprint density at radius 2 is 1.61 bits per heavy atom. The highest BCUT2D eigenvalue weighted by atomic mass is 35.5. The lowest BCUT2D eigenvalue weighted by Gasteiger charge is -2.37. The minimum atomic E-state index is -0.566. The summed E-state index contributed by atoms with van der Waals surface area (Å²) in [4.78, 5) is 44.0. The number of fused-ring (bicyclic) bond motifs is 1. The maximum absolute atomic E-state index is 13.0. The number of nitrogens with zero attached hydrogens (tertiary/aromatic N) is 4. The van der Waals surface area contributed by atoms with Crippen molar-refractivity contribution in [3.8, 4) is 0 Å². The molecule has 36 heavy (non-hydrogen) atoms. The Morgan fingerprint density at radius 1 is 0.972 bits per heavy atom. The predicted octanol–water partition coefficient (Wildman–Crippen LogP) is 3.33. The van der Waals surface area contributed by atoms with Gasteiger partial charge in [-0.05, 0) is 51.0 Å². The lowest BCUT2D eigenvalue weighted by Crippen LogP contribution is -2.50. The van der Waals surface area contributed by atoms with Crippen LogP contribution in [-0.2, 0) is 13.1 Å². The van der Waals surface area contributed by atoms with Crippen LogP contribution in [-0.4, -0.2) is 75.9 Å². The second kappa shape index (κ2) is 9.78. The number of piperazine rings is 1. The second-order valence-electron chi connectivity index (χ2n) is 10.2. The number of nitrogens with one attached hydrogen (secondary N) is 1. The van der Waals surface area contributed by atoms with Crippen molar-refractivity contribution in [1.29, 1.82) is 0 Å². The summed E-state index contributed by atoms with van der Waals surface area (Å²) in [7, 11) is 0. The maximum atomic E-state index is 13.0. The molecule has 0 unspecified atom stereocenters. The molecule has 1 aromatic carbocycles. The van der Waals surface area contributed by atoms with Crippen molar-refractivity contribution in [3.63, 3.8) is 0 Å². The summed E-state index contributed by atoms with van der Waals surface area (Å²) in [6, 6.07) is 7.21. The number of rotatable bonds is 5. The van der Waals surface area contributed by atoms with E-state index in [1.807, 2.05) is 4.90 Å². The van der Waals surface area contributed by atoms with Crippen molar-refractivity contribution in [2.75, 3.05) is 38.0 Å². The van der Waals surface area contributed by atoms with E-state index in [2.05, 4.69) is 28.6 Å². The summed E-state index contributed by atoms with van der Waals surface area (Å²) in [6.45, 7) is 8.85. The molecule has 3 heterocycles. The van der Waals surface area contributed by atoms with Crippen LogP contribution in [0.25, 0.3) is 0 Å². The van der Waals surface area contributed by atoms with Crippen molar-refractivity contribution >= 4 is 35.1 Å². The molecule has 0 radical (unpaired) electrons. The van der Waals surface area contributed by atoms with E-state index in [1.54, 1.807) is 29.2 Å². The standard InChI is InChI=1S/C26H33ClN6O3/c1-16(2)30-9-11-31(12-10-30)25(35)18-5-7-19(8-6-18)29-26(36)32-13-14-33-20(15-32)21(24(28)34)22(27)23(33)17-3-4-17/h5-8,16-17H,3-4,9-15H2,1-2H3,(H2,28,34)(H,29,36). The average Bonchev–Trinajstić information content (AvgIpc) is 3.65. The summed E-state index contributed by atoms with van der Waals surface area (Å²) >= 11 is 6.55. The molecule has 10 heteroatoms. The van der Waals surface area contributed by atoms with Gasteiger partial charge >= 0.3 is 6.03 Å². The van der Waals surface area contributed by atoms with Gasteiger partial charge in [0.2, 0.25) is 0 Å². The van der Waals surface area contributed by atoms with E-state index in [0.717, 1.165) is 31.6 Å². The van der Waals surface area contributed by atoms with E-state index in [9.17, 15) is 14.4 Å². The molecule has 192 valence electrons. The molecule has 2 aliphatic heterocycles. The lowest BCUT2D eigenvalue weighted by atomic mass is 10.1. The highest BCUT2D eigenvalue weighted by Gasteiger charge is 2.37. The Hall–Kier alpha value is -3.04. The summed E-state index contributed by atoms with van der Waals surface area (Å²) in [6.07, 6.45) is 2.11. The van der Waals surface area contributed by atoms with Crippen LogP contribution < -0.4 is 11.1 Å². The van der Waals surface area contributed by atoms with E-state index in [4.69, 9.17) is 17.3 Å². The Balaban J connectivity index is 1.22. The molecule has 9 nitrogen and oxygen atoms in total. The normalized spacial score (nSPS) is 18.3. The van der Waals surface area contributed by atoms with Gasteiger partial charge < -0.3 is 25.4 Å². The fourth-order valence-corrected chi connectivity index (χ4v) is 5.72. The Labute approximate surface area is 216 Å². The maximum Gasteiger partial charge on any atom is 0.322 e. The zero-order chi connectivity index (χ0) is 25.6. The SMILES string of the molecule is CC(C)N1CCN(C(=O)c2ccc(NC(=O)N3CCn4c(c(C(N)=O)c(Cl)c4C4CC4)C3)cc2)CC1. The highest BCUT2D eigenvalue weighted by Crippen LogP contribution is 2.46. The first-order valence-corrected chi connectivity index (χ1v) is 13.0. The molecule has 5 rings (SSSR count). The first-order valence-electron chi connectivity index (χ1n) is 12.6. The van der Waals surface area contributed by atoms with Crippen LogP contribution in [0.1, 0.15) is 64.7 Å². The molecule has 1 aliphatic carbocycles. The summed E-state index contributed by atoms with van der Waals surface area (Å²) in [5, 5.41) is 3.35. The van der Waals surface area contributed by atoms with Gasteiger partial charge in [-0.15, -0.1) is 0 Å². The van der Waals surface area contributed by atoms with E-state index >= 15 is 0 Å². The topological polar surface area (TPSA) is 104 Å². The van der Waals surface area contributed by atoms with Gasteiger partial charge in [0.25, 0.3) is 11.8 Å². The van der Waals surface area contributed by atoms with Gasteiger partial charge in [0.15, 0.2) is 0 Å². The molecule has 3 N–H and O–H groups in total. The van der Waals surface area contributed by atoms with Gasteiger partial charge in [0.05, 0.1) is 22.8 Å². The molecule has 3 aliphatic rings. The van der Waals surface area contributed by atoms with Gasteiger partial charge in [-0.25, -0.2) is 4.79 Å². The van der Waals surface area contributed by atoms with Gasteiger partial charge in [0, 0.05) is 68.2 Å². The number of anilines is 1. The van der Waals surface area contributed by atoms with E-state index < -0.39 is 5.91 Å². The smallest absolute Gasteiger partial charge is 0.322 e. The summed E-state index contributed by atoms with van der Waals surface area (Å²) in [5.74, 6) is -0.191. The molecule has 2 aromatic rings. The minimum Gasteiger partial charge on any atom is -0.365 e. The van der Waals surface area contributed by atoms with Crippen LogP contribution in [0, 0.1) is 0 Å². The molecular weight excluding hydrogens is 480 g/mol. The summed E-state index contributed by atoms with van der Waals surface area (Å²) in [5.41, 5.74) is 8.86. The average molecular weight is 513 g/mol. The van der Waals surface area contributed by atoms with Gasteiger partial charge in [-0.3, -0.25) is 14.5 Å². The van der Waals surface area contributed by atoms with Crippen molar-refractivity contribution in [1.82, 2.24) is 19.3 Å². The minimum absolute atomic E-state index is 0.00963. The fourth-order valence-electron chi connectivity index (χ4n) is 5.26. The third-order valence-corrected chi connectivity index (χ3v) is 7.88. The number of nitrogens with two attached hydrogens (primary N) is 1. The Bertz CT molecular complexity index is 1180. The van der Waals surface area contributed by atoms with Crippen LogP contribution in [0.2, 0.25) is 5.02 Å². The van der Waals surface area contributed by atoms with Crippen molar-refractivity contribution in [3.05, 3.63) is 51.8 Å². The van der Waals surface area contributed by atoms with E-state index in [1.165, 1.54) is 0 Å². The number of aromatic nitrogens is 1. The number of carbonyl (C=O) groups is 3. The van der Waals surface area contributed by atoms with Crippen molar-refractivity contribution in [2.45, 2.75) is 51.7 Å².